The number of piperidine rings is 1. The first kappa shape index (κ1) is 23.3. The summed E-state index contributed by atoms with van der Waals surface area (Å²) in [5, 5.41) is 7.06. The Kier molecular flexibility index (Phi) is 6.74. The van der Waals surface area contributed by atoms with E-state index in [4.69, 9.17) is 0 Å². The van der Waals surface area contributed by atoms with E-state index in [1.54, 1.807) is 24.3 Å². The lowest BCUT2D eigenvalue weighted by Gasteiger charge is -2.49. The predicted octanol–water partition coefficient (Wildman–Crippen LogP) is 3.02. The van der Waals surface area contributed by atoms with Crippen molar-refractivity contribution in [2.24, 2.45) is 0 Å². The first-order chi connectivity index (χ1) is 14.5. The van der Waals surface area contributed by atoms with Crippen molar-refractivity contribution >= 4 is 16.7 Å². The van der Waals surface area contributed by atoms with Crippen molar-refractivity contribution in [3.05, 3.63) is 45.0 Å². The third-order valence-electron chi connectivity index (χ3n) is 6.12. The molecule has 2 aromatic rings. The van der Waals surface area contributed by atoms with E-state index < -0.39 is 0 Å². The van der Waals surface area contributed by atoms with Gasteiger partial charge in [0.1, 0.15) is 0 Å². The molecule has 0 saturated carbocycles. The van der Waals surface area contributed by atoms with Gasteiger partial charge in [-0.1, -0.05) is 25.5 Å². The highest BCUT2D eigenvalue weighted by Crippen LogP contribution is 2.32. The molecule has 2 heterocycles. The average Bonchev–Trinajstić information content (AvgIpc) is 2.67. The fourth-order valence-corrected chi connectivity index (χ4v) is 5.08. The van der Waals surface area contributed by atoms with Crippen molar-refractivity contribution in [1.82, 2.24) is 20.0 Å². The minimum atomic E-state index is -0.313. The second kappa shape index (κ2) is 8.99. The minimum absolute atomic E-state index is 0.0351. The lowest BCUT2D eigenvalue weighted by atomic mass is 9.79. The highest BCUT2D eigenvalue weighted by molar-refractivity contribution is 5.80. The number of nitrogens with one attached hydrogen (secondary N) is 2. The van der Waals surface area contributed by atoms with E-state index in [1.807, 2.05) is 4.90 Å². The molecule has 1 aliphatic rings. The van der Waals surface area contributed by atoms with Crippen LogP contribution < -0.4 is 16.4 Å². The Balaban J connectivity index is 1.80. The summed E-state index contributed by atoms with van der Waals surface area (Å²) in [4.78, 5) is 40.4. The molecule has 1 amide bonds. The van der Waals surface area contributed by atoms with Crippen molar-refractivity contribution in [3.63, 3.8) is 0 Å². The van der Waals surface area contributed by atoms with Crippen molar-refractivity contribution in [2.45, 2.75) is 90.4 Å². The number of nitrogens with zero attached hydrogens (tertiary/aromatic N) is 2. The fraction of sp³-hybridized carbons (Fsp3) is 0.625. The number of aromatic nitrogens is 2. The van der Waals surface area contributed by atoms with Gasteiger partial charge in [-0.3, -0.25) is 19.5 Å². The third-order valence-corrected chi connectivity index (χ3v) is 6.12. The van der Waals surface area contributed by atoms with Crippen LogP contribution in [0.15, 0.2) is 33.9 Å². The average molecular weight is 429 g/mol. The van der Waals surface area contributed by atoms with Crippen molar-refractivity contribution in [3.8, 4) is 0 Å². The van der Waals surface area contributed by atoms with Crippen molar-refractivity contribution < 1.29 is 4.79 Å². The molecule has 7 heteroatoms. The molecule has 0 bridgehead atoms. The summed E-state index contributed by atoms with van der Waals surface area (Å²) in [5.41, 5.74) is -0.699. The molecule has 0 radical (unpaired) electrons. The molecular weight excluding hydrogens is 392 g/mol. The van der Waals surface area contributed by atoms with Crippen LogP contribution in [-0.4, -0.2) is 44.3 Å². The number of H-pyrrole nitrogens is 1. The number of unbranched alkanes of at least 4 members (excludes halogenated alkanes) is 1. The topological polar surface area (TPSA) is 87.2 Å². The summed E-state index contributed by atoms with van der Waals surface area (Å²) < 4.78 is 1.27. The second-order valence-electron chi connectivity index (χ2n) is 10.1. The lowest BCUT2D eigenvalue weighted by Crippen LogP contribution is -2.63. The van der Waals surface area contributed by atoms with Gasteiger partial charge >= 0.3 is 0 Å². The molecule has 0 aliphatic carbocycles. The van der Waals surface area contributed by atoms with Crippen molar-refractivity contribution in [1.29, 1.82) is 0 Å². The molecule has 0 spiro atoms. The lowest BCUT2D eigenvalue weighted by molar-refractivity contribution is -0.135. The van der Waals surface area contributed by atoms with Gasteiger partial charge in [0.15, 0.2) is 0 Å². The van der Waals surface area contributed by atoms with E-state index >= 15 is 0 Å². The zero-order valence-corrected chi connectivity index (χ0v) is 19.5. The maximum Gasteiger partial charge on any atom is 0.273 e. The molecule has 1 aromatic carbocycles. The van der Waals surface area contributed by atoms with Crippen LogP contribution in [0, 0.1) is 0 Å². The summed E-state index contributed by atoms with van der Waals surface area (Å²) >= 11 is 0. The van der Waals surface area contributed by atoms with Crippen LogP contribution in [0.3, 0.4) is 0 Å². The molecule has 1 aliphatic heterocycles. The summed E-state index contributed by atoms with van der Waals surface area (Å²) in [6, 6.07) is 6.91. The van der Waals surface area contributed by atoms with Crippen LogP contribution >= 0.6 is 0 Å². The zero-order chi connectivity index (χ0) is 22.8. The van der Waals surface area contributed by atoms with Gasteiger partial charge in [-0.05, 0) is 59.1 Å². The van der Waals surface area contributed by atoms with Crippen LogP contribution in [0.25, 0.3) is 10.8 Å². The zero-order valence-electron chi connectivity index (χ0n) is 19.5. The Hall–Kier alpha value is -2.41. The molecular formula is C24H36N4O3. The van der Waals surface area contributed by atoms with E-state index in [9.17, 15) is 14.4 Å². The van der Waals surface area contributed by atoms with E-state index in [1.165, 1.54) is 4.68 Å². The minimum Gasteiger partial charge on any atom is -0.340 e. The molecule has 7 nitrogen and oxygen atoms in total. The molecule has 1 fully saturated rings. The van der Waals surface area contributed by atoms with Crippen LogP contribution in [0.5, 0.6) is 0 Å². The maximum absolute atomic E-state index is 13.3. The Labute approximate surface area is 183 Å². The van der Waals surface area contributed by atoms with Gasteiger partial charge in [-0.2, -0.15) is 0 Å². The Morgan fingerprint density at radius 2 is 1.71 bits per heavy atom. The number of benzene rings is 1. The standard InChI is InChI=1S/C24H36N4O3/c1-6-7-13-27(17-15-23(2,3)26-24(4,5)16-17)20(29)12-14-28-22(31)19-11-9-8-10-18(19)21(30)25-28/h8-11,17,26H,6-7,12-16H2,1-5H3,(H,25,30). The Morgan fingerprint density at radius 3 is 2.32 bits per heavy atom. The van der Waals surface area contributed by atoms with Gasteiger partial charge in [0.2, 0.25) is 5.91 Å². The number of hydrogen-bond donors (Lipinski definition) is 2. The van der Waals surface area contributed by atoms with Gasteiger partial charge in [-0.25, -0.2) is 4.68 Å². The number of carbonyl (C=O) groups excluding carboxylic acids is 1. The molecule has 0 atom stereocenters. The summed E-state index contributed by atoms with van der Waals surface area (Å²) in [5.74, 6) is 0.0351. The largest absolute Gasteiger partial charge is 0.340 e. The number of aryl methyl sites for hydroxylation is 1. The first-order valence-corrected chi connectivity index (χ1v) is 11.3. The van der Waals surface area contributed by atoms with E-state index in [0.717, 1.165) is 32.2 Å². The van der Waals surface area contributed by atoms with Gasteiger partial charge < -0.3 is 10.2 Å². The smallest absolute Gasteiger partial charge is 0.273 e. The van der Waals surface area contributed by atoms with Crippen molar-refractivity contribution in [2.75, 3.05) is 6.54 Å². The quantitative estimate of drug-likeness (QED) is 0.710. The summed E-state index contributed by atoms with van der Waals surface area (Å²) in [6.07, 6.45) is 3.92. The normalized spacial score (nSPS) is 18.2. The monoisotopic (exact) mass is 428 g/mol. The third kappa shape index (κ3) is 5.45. The molecule has 0 unspecified atom stereocenters. The molecule has 3 rings (SSSR count). The fourth-order valence-electron chi connectivity index (χ4n) is 5.08. The van der Waals surface area contributed by atoms with Gasteiger partial charge in [0.25, 0.3) is 11.1 Å². The number of fused-ring (bicyclic) bond motifs is 1. The second-order valence-corrected chi connectivity index (χ2v) is 10.1. The Morgan fingerprint density at radius 1 is 1.10 bits per heavy atom. The number of amides is 1. The highest BCUT2D eigenvalue weighted by Gasteiger charge is 2.40. The molecule has 2 N–H and O–H groups in total. The van der Waals surface area contributed by atoms with E-state index in [0.29, 0.717) is 10.8 Å². The van der Waals surface area contributed by atoms with Crippen LogP contribution in [0.2, 0.25) is 0 Å². The van der Waals surface area contributed by atoms with Crippen LogP contribution in [0.1, 0.15) is 66.7 Å². The van der Waals surface area contributed by atoms with Crippen LogP contribution in [-0.2, 0) is 11.3 Å². The summed E-state index contributed by atoms with van der Waals surface area (Å²) in [6.45, 7) is 11.7. The van der Waals surface area contributed by atoms with Gasteiger partial charge in [0.05, 0.1) is 17.3 Å². The number of rotatable bonds is 7. The first-order valence-electron chi connectivity index (χ1n) is 11.3. The van der Waals surface area contributed by atoms with E-state index in [-0.39, 0.29) is 47.1 Å². The molecule has 170 valence electrons. The van der Waals surface area contributed by atoms with Gasteiger partial charge in [0, 0.05) is 30.1 Å². The Bertz CT molecular complexity index is 1030. The highest BCUT2D eigenvalue weighted by atomic mass is 16.2. The molecule has 31 heavy (non-hydrogen) atoms. The van der Waals surface area contributed by atoms with E-state index in [2.05, 4.69) is 45.0 Å². The SMILES string of the molecule is CCCCN(C(=O)CCn1[nH]c(=O)c2ccccc2c1=O)C1CC(C)(C)NC(C)(C)C1. The number of hydrogen-bond acceptors (Lipinski definition) is 4. The summed E-state index contributed by atoms with van der Waals surface area (Å²) in [7, 11) is 0. The predicted molar refractivity (Wildman–Crippen MR) is 124 cm³/mol. The van der Waals surface area contributed by atoms with Crippen LogP contribution in [0.4, 0.5) is 0 Å². The molecule has 1 saturated heterocycles. The van der Waals surface area contributed by atoms with Gasteiger partial charge in [-0.15, -0.1) is 0 Å². The number of aromatic amines is 1. The number of carbonyl (C=O) groups is 1. The molecule has 1 aromatic heterocycles. The maximum atomic E-state index is 13.3.